The Balaban J connectivity index is 1.13. The number of rotatable bonds is 19. The molecular formula is C47H55BrSe3. The summed E-state index contributed by atoms with van der Waals surface area (Å²) in [5.74, 6) is 9.55. The molecular weight excluding hydrogens is 881 g/mol. The van der Waals surface area contributed by atoms with Crippen molar-refractivity contribution in [3.05, 3.63) is 85.1 Å². The van der Waals surface area contributed by atoms with Gasteiger partial charge in [-0.15, -0.1) is 0 Å². The first-order chi connectivity index (χ1) is 25.0. The molecule has 0 N–H and O–H groups in total. The van der Waals surface area contributed by atoms with E-state index >= 15 is 0 Å². The Kier molecular flexibility index (Phi) is 15.5. The van der Waals surface area contributed by atoms with Crippen molar-refractivity contribution in [1.29, 1.82) is 0 Å². The molecule has 2 aromatic heterocycles. The minimum absolute atomic E-state index is 0.379. The molecule has 268 valence electrons. The number of fused-ring (bicyclic) bond motifs is 4. The second-order valence-electron chi connectivity index (χ2n) is 14.5. The molecule has 0 unspecified atom stereocenters. The van der Waals surface area contributed by atoms with Crippen LogP contribution in [-0.2, 0) is 12.8 Å². The fourth-order valence-electron chi connectivity index (χ4n) is 7.34. The zero-order chi connectivity index (χ0) is 35.4. The summed E-state index contributed by atoms with van der Waals surface area (Å²) in [4.78, 5) is 0. The van der Waals surface area contributed by atoms with Gasteiger partial charge in [0.05, 0.1) is 0 Å². The fourth-order valence-corrected chi connectivity index (χ4v) is 13.8. The predicted octanol–water partition coefficient (Wildman–Crippen LogP) is 13.3. The van der Waals surface area contributed by atoms with E-state index in [1.165, 1.54) is 158 Å². The van der Waals surface area contributed by atoms with Crippen LogP contribution in [0.2, 0.25) is 5.82 Å². The Bertz CT molecular complexity index is 2100. The monoisotopic (exact) mass is 938 g/mol. The number of hydrogen-bond donors (Lipinski definition) is 0. The van der Waals surface area contributed by atoms with Crippen LogP contribution in [0, 0.1) is 11.8 Å². The normalized spacial score (nSPS) is 11.7. The van der Waals surface area contributed by atoms with Crippen molar-refractivity contribution < 1.29 is 0 Å². The molecule has 0 spiro atoms. The fraction of sp³-hybridized carbons (Fsp3) is 0.447. The topological polar surface area (TPSA) is 0 Å². The maximum absolute atomic E-state index is 3.89. The van der Waals surface area contributed by atoms with Crippen molar-refractivity contribution in [3.8, 4) is 11.8 Å². The van der Waals surface area contributed by atoms with Crippen molar-refractivity contribution in [2.24, 2.45) is 0 Å². The van der Waals surface area contributed by atoms with Crippen molar-refractivity contribution in [3.63, 3.8) is 0 Å². The van der Waals surface area contributed by atoms with E-state index < -0.39 is 0 Å². The van der Waals surface area contributed by atoms with Crippen LogP contribution < -0.4 is 4.46 Å². The van der Waals surface area contributed by atoms with Crippen LogP contribution in [0.5, 0.6) is 0 Å². The van der Waals surface area contributed by atoms with Gasteiger partial charge in [-0.2, -0.15) is 0 Å². The zero-order valence-electron chi connectivity index (χ0n) is 31.1. The Morgan fingerprint density at radius 2 is 0.902 bits per heavy atom. The average Bonchev–Trinajstić information content (AvgIpc) is 3.72. The van der Waals surface area contributed by atoms with Gasteiger partial charge < -0.3 is 0 Å². The van der Waals surface area contributed by atoms with Crippen molar-refractivity contribution in [2.45, 2.75) is 135 Å². The van der Waals surface area contributed by atoms with Gasteiger partial charge in [0, 0.05) is 0 Å². The molecule has 6 rings (SSSR count). The van der Waals surface area contributed by atoms with Crippen LogP contribution in [0.3, 0.4) is 0 Å². The quantitative estimate of drug-likeness (QED) is 0.0431. The maximum atomic E-state index is 3.89. The summed E-state index contributed by atoms with van der Waals surface area (Å²) in [6.45, 7) is 4.60. The van der Waals surface area contributed by atoms with Crippen LogP contribution in [0.15, 0.2) is 65.1 Å². The summed E-state index contributed by atoms with van der Waals surface area (Å²) >= 11 is 5.22. The average molecular weight is 937 g/mol. The molecule has 0 saturated heterocycles. The molecule has 6 aromatic rings. The van der Waals surface area contributed by atoms with Crippen molar-refractivity contribution in [1.82, 2.24) is 0 Å². The first-order valence-electron chi connectivity index (χ1n) is 19.8. The third kappa shape index (κ3) is 11.0. The molecule has 0 bridgehead atoms. The van der Waals surface area contributed by atoms with Gasteiger partial charge in [0.1, 0.15) is 0 Å². The van der Waals surface area contributed by atoms with Gasteiger partial charge in [0.2, 0.25) is 0 Å². The molecule has 2 heterocycles. The van der Waals surface area contributed by atoms with E-state index in [1.807, 2.05) is 0 Å². The number of hydrogen-bond acceptors (Lipinski definition) is 0. The molecule has 4 aromatic carbocycles. The van der Waals surface area contributed by atoms with E-state index in [1.54, 1.807) is 17.4 Å². The van der Waals surface area contributed by atoms with Crippen LogP contribution in [0.4, 0.5) is 0 Å². The Morgan fingerprint density at radius 3 is 1.41 bits per heavy atom. The van der Waals surface area contributed by atoms with Crippen molar-refractivity contribution in [2.75, 3.05) is 0 Å². The molecule has 0 nitrogen and oxygen atoms in total. The summed E-state index contributed by atoms with van der Waals surface area (Å²) in [5, 5.41) is 8.23. The first kappa shape index (κ1) is 39.2. The van der Waals surface area contributed by atoms with Gasteiger partial charge in [-0.3, -0.25) is 0 Å². The molecule has 0 atom stereocenters. The molecule has 0 aliphatic rings. The Hall–Kier alpha value is -1.52. The van der Waals surface area contributed by atoms with E-state index in [9.17, 15) is 0 Å². The second kappa shape index (κ2) is 20.2. The van der Waals surface area contributed by atoms with E-state index in [0.29, 0.717) is 44.0 Å². The first-order valence-corrected chi connectivity index (χ1v) is 26.6. The summed E-state index contributed by atoms with van der Waals surface area (Å²) in [6.07, 6.45) is 24.8. The molecule has 0 aliphatic heterocycles. The molecule has 51 heavy (non-hydrogen) atoms. The molecule has 4 heteroatoms. The van der Waals surface area contributed by atoms with Gasteiger partial charge in [-0.25, -0.2) is 0 Å². The van der Waals surface area contributed by atoms with E-state index in [-0.39, 0.29) is 0 Å². The number of benzene rings is 4. The van der Waals surface area contributed by atoms with Gasteiger partial charge in [0.25, 0.3) is 0 Å². The van der Waals surface area contributed by atoms with Gasteiger partial charge in [-0.1, -0.05) is 0 Å². The molecule has 0 aliphatic carbocycles. The van der Waals surface area contributed by atoms with Crippen LogP contribution in [0.1, 0.15) is 137 Å². The predicted molar refractivity (Wildman–Crippen MR) is 234 cm³/mol. The van der Waals surface area contributed by atoms with E-state index in [4.69, 9.17) is 0 Å². The summed E-state index contributed by atoms with van der Waals surface area (Å²) in [7, 11) is 0. The van der Waals surface area contributed by atoms with Crippen LogP contribution in [-0.4, -0.2) is 44.0 Å². The molecule has 0 fully saturated rings. The minimum atomic E-state index is 0.379. The standard InChI is InChI=1S/C47H55BrSe3/c1-4-6-8-10-12-14-16-18-20-42-28-40-26-36-24-34(44(48)30-38(36)32-46(40)50-42)22-23-35-25-37-27-41-29-43(21-19-17-15-13-11-9-7-5-2)51-47(41)33-39(37)31-45(35)49-3/h24-33H,4-21H2,1-3H3. The van der Waals surface area contributed by atoms with Crippen LogP contribution >= 0.6 is 15.9 Å². The summed E-state index contributed by atoms with van der Waals surface area (Å²) in [6, 6.07) is 24.2. The van der Waals surface area contributed by atoms with Crippen molar-refractivity contribution >= 4 is 105 Å². The molecule has 0 amide bonds. The second-order valence-corrected chi connectivity index (χ2v) is 22.0. The number of unbranched alkanes of at least 4 members (excludes halogenated alkanes) is 14. The molecule has 0 radical (unpaired) electrons. The Labute approximate surface area is 334 Å². The van der Waals surface area contributed by atoms with E-state index in [2.05, 4.69) is 108 Å². The third-order valence-electron chi connectivity index (χ3n) is 10.3. The van der Waals surface area contributed by atoms with Crippen LogP contribution in [0.25, 0.3) is 40.8 Å². The third-order valence-corrected chi connectivity index (χ3v) is 17.5. The zero-order valence-corrected chi connectivity index (χ0v) is 37.8. The number of aryl methyl sites for hydroxylation is 2. The van der Waals surface area contributed by atoms with E-state index in [0.717, 1.165) is 10.0 Å². The summed E-state index contributed by atoms with van der Waals surface area (Å²) < 4.78 is 8.97. The van der Waals surface area contributed by atoms with Gasteiger partial charge in [0.15, 0.2) is 0 Å². The molecule has 0 saturated carbocycles. The number of halogens is 1. The Morgan fingerprint density at radius 1 is 0.471 bits per heavy atom. The van der Waals surface area contributed by atoms with Gasteiger partial charge >= 0.3 is 337 Å². The summed E-state index contributed by atoms with van der Waals surface area (Å²) in [5.41, 5.74) is 2.27. The van der Waals surface area contributed by atoms with Gasteiger partial charge in [-0.05, 0) is 0 Å². The SMILES string of the molecule is CCCCCCCCCCc1cc2cc3cc(C#Cc4cc5cc6cc(CCCCCCCCCC)[se]c6cc5cc4[Se]C)c(Br)cc3cc2[se]1.